The fourth-order valence-electron chi connectivity index (χ4n) is 5.55. The molecule has 0 bridgehead atoms. The molecule has 3 saturated heterocycles. The molecule has 1 amide bonds. The van der Waals surface area contributed by atoms with Crippen LogP contribution in [0.2, 0.25) is 0 Å². The summed E-state index contributed by atoms with van der Waals surface area (Å²) in [5.41, 5.74) is -1.09. The number of rotatable bonds is 2. The molecule has 2 atom stereocenters. The summed E-state index contributed by atoms with van der Waals surface area (Å²) in [5, 5.41) is 0. The van der Waals surface area contributed by atoms with Crippen LogP contribution in [0.1, 0.15) is 46.2 Å². The second-order valence-corrected chi connectivity index (χ2v) is 10.5. The Bertz CT molecular complexity index is 1070. The molecule has 3 fully saturated rings. The van der Waals surface area contributed by atoms with E-state index in [1.165, 1.54) is 0 Å². The van der Waals surface area contributed by atoms with Gasteiger partial charge in [-0.25, -0.2) is 14.8 Å². The van der Waals surface area contributed by atoms with Crippen molar-refractivity contribution < 1.29 is 27.5 Å². The number of amides is 1. The number of ether oxygens (including phenoxy) is 1. The van der Waals surface area contributed by atoms with Gasteiger partial charge in [0.05, 0.1) is 17.7 Å². The summed E-state index contributed by atoms with van der Waals surface area (Å²) >= 11 is 0. The minimum Gasteiger partial charge on any atom is -0.450 e. The Labute approximate surface area is 195 Å². The van der Waals surface area contributed by atoms with E-state index in [4.69, 9.17) is 4.74 Å². The molecular weight excluding hydrogens is 451 g/mol. The smallest absolute Gasteiger partial charge is 0.433 e. The largest absolute Gasteiger partial charge is 0.450 e. The molecule has 0 N–H and O–H groups in total. The molecule has 0 radical (unpaired) electrons. The summed E-state index contributed by atoms with van der Waals surface area (Å²) in [7, 11) is 0. The van der Waals surface area contributed by atoms with Crippen molar-refractivity contribution in [1.29, 1.82) is 0 Å². The Balaban J connectivity index is 1.29. The van der Waals surface area contributed by atoms with Gasteiger partial charge >= 0.3 is 12.1 Å². The van der Waals surface area contributed by atoms with Gasteiger partial charge in [0, 0.05) is 56.2 Å². The van der Waals surface area contributed by atoms with Crippen LogP contribution in [0.15, 0.2) is 23.5 Å². The number of likely N-dealkylation sites (tertiary alicyclic amines) is 2. The van der Waals surface area contributed by atoms with Gasteiger partial charge in [-0.15, -0.1) is 0 Å². The quantitative estimate of drug-likeness (QED) is 0.603. The Morgan fingerprint density at radius 2 is 1.79 bits per heavy atom. The predicted octanol–water partition coefficient (Wildman–Crippen LogP) is 2.40. The van der Waals surface area contributed by atoms with E-state index in [1.807, 2.05) is 0 Å². The maximum atomic E-state index is 13.6. The molecule has 0 aromatic carbocycles. The number of nitrogens with zero attached hydrogens (tertiary/aromatic N) is 5. The van der Waals surface area contributed by atoms with Gasteiger partial charge in [0.15, 0.2) is 0 Å². The van der Waals surface area contributed by atoms with Gasteiger partial charge in [0.25, 0.3) is 5.91 Å². The molecule has 4 aliphatic rings. The van der Waals surface area contributed by atoms with E-state index >= 15 is 0 Å². The summed E-state index contributed by atoms with van der Waals surface area (Å²) in [6.07, 6.45) is -2.51. The molecule has 4 aliphatic heterocycles. The van der Waals surface area contributed by atoms with Crippen molar-refractivity contribution in [1.82, 2.24) is 19.8 Å². The zero-order chi connectivity index (χ0) is 24.6. The van der Waals surface area contributed by atoms with Crippen LogP contribution >= 0.6 is 0 Å². The molecule has 1 aromatic rings. The van der Waals surface area contributed by atoms with E-state index in [-0.39, 0.29) is 29.3 Å². The second kappa shape index (κ2) is 7.40. The van der Waals surface area contributed by atoms with Gasteiger partial charge in [-0.2, -0.15) is 13.2 Å². The SMILES string of the molecule is CC1=C(C(=O)N2C[C@@H]3C2CN3c2cc(C(F)(F)F)ncn2)C2(CCN(C(C)(C)C)CC2)OC1=O. The van der Waals surface area contributed by atoms with Crippen LogP contribution in [0.3, 0.4) is 0 Å². The lowest BCUT2D eigenvalue weighted by Gasteiger charge is -2.62. The fourth-order valence-corrected chi connectivity index (χ4v) is 5.55. The van der Waals surface area contributed by atoms with Crippen LogP contribution in [0.4, 0.5) is 19.0 Å². The van der Waals surface area contributed by atoms with E-state index in [1.54, 1.807) is 16.7 Å². The molecule has 8 nitrogen and oxygen atoms in total. The van der Waals surface area contributed by atoms with Crippen molar-refractivity contribution in [3.8, 4) is 0 Å². The number of carbonyl (C=O) groups is 2. The fraction of sp³-hybridized carbons (Fsp3) is 0.652. The number of alkyl halides is 3. The number of carbonyl (C=O) groups excluding carboxylic acids is 2. The predicted molar refractivity (Wildman–Crippen MR) is 116 cm³/mol. The number of halogens is 3. The number of esters is 1. The number of fused-ring (bicyclic) bond motifs is 1. The Morgan fingerprint density at radius 3 is 2.35 bits per heavy atom. The van der Waals surface area contributed by atoms with Crippen LogP contribution in [0.25, 0.3) is 0 Å². The molecule has 184 valence electrons. The lowest BCUT2D eigenvalue weighted by molar-refractivity contribution is -0.154. The average molecular weight is 480 g/mol. The monoisotopic (exact) mass is 479 g/mol. The molecule has 5 rings (SSSR count). The van der Waals surface area contributed by atoms with Crippen LogP contribution < -0.4 is 4.90 Å². The topological polar surface area (TPSA) is 78.9 Å². The summed E-state index contributed by atoms with van der Waals surface area (Å²) in [6, 6.07) is 0.714. The maximum absolute atomic E-state index is 13.6. The maximum Gasteiger partial charge on any atom is 0.433 e. The first-order valence-electron chi connectivity index (χ1n) is 11.5. The van der Waals surface area contributed by atoms with E-state index in [9.17, 15) is 22.8 Å². The molecule has 1 spiro atoms. The van der Waals surface area contributed by atoms with E-state index in [2.05, 4.69) is 35.6 Å². The second-order valence-electron chi connectivity index (χ2n) is 10.5. The van der Waals surface area contributed by atoms with E-state index in [0.29, 0.717) is 37.1 Å². The zero-order valence-corrected chi connectivity index (χ0v) is 19.6. The number of hydrogen-bond acceptors (Lipinski definition) is 7. The molecule has 5 heterocycles. The minimum absolute atomic E-state index is 0.0137. The first-order chi connectivity index (χ1) is 15.8. The van der Waals surface area contributed by atoms with Crippen LogP contribution in [-0.2, 0) is 20.5 Å². The lowest BCUT2D eigenvalue weighted by atomic mass is 9.78. The van der Waals surface area contributed by atoms with E-state index in [0.717, 1.165) is 25.5 Å². The number of piperidine rings is 1. The van der Waals surface area contributed by atoms with Crippen molar-refractivity contribution in [3.63, 3.8) is 0 Å². The van der Waals surface area contributed by atoms with Gasteiger partial charge in [-0.05, 0) is 27.7 Å². The van der Waals surface area contributed by atoms with Crippen LogP contribution in [-0.4, -0.2) is 81.0 Å². The molecular formula is C23H28F3N5O3. The zero-order valence-electron chi connectivity index (χ0n) is 19.6. The highest BCUT2D eigenvalue weighted by molar-refractivity contribution is 6.07. The Hall–Kier alpha value is -2.69. The third-order valence-corrected chi connectivity index (χ3v) is 7.67. The van der Waals surface area contributed by atoms with Gasteiger partial charge in [0.2, 0.25) is 0 Å². The molecule has 0 saturated carbocycles. The lowest BCUT2D eigenvalue weighted by Crippen LogP contribution is -2.80. The van der Waals surface area contributed by atoms with Crippen molar-refractivity contribution >= 4 is 17.7 Å². The summed E-state index contributed by atoms with van der Waals surface area (Å²) in [6.45, 7) is 10.2. The van der Waals surface area contributed by atoms with E-state index < -0.39 is 23.4 Å². The Morgan fingerprint density at radius 1 is 1.12 bits per heavy atom. The standard InChI is InChI=1S/C23H28F3N5O3/c1-13-18(22(34-20(13)33)5-7-29(8-6-22)21(2,3)4)19(32)31-11-14-15(31)10-30(14)17-9-16(23(24,25)26)27-12-28-17/h9,12,14-15H,5-8,10-11H2,1-4H3/t14-,15?/m1/s1. The normalized spacial score (nSPS) is 26.9. The van der Waals surface area contributed by atoms with Crippen LogP contribution in [0, 0.1) is 0 Å². The van der Waals surface area contributed by atoms with Crippen molar-refractivity contribution in [2.75, 3.05) is 31.1 Å². The highest BCUT2D eigenvalue weighted by Gasteiger charge is 2.59. The molecule has 11 heteroatoms. The van der Waals surface area contributed by atoms with Crippen LogP contribution in [0.5, 0.6) is 0 Å². The highest BCUT2D eigenvalue weighted by Crippen LogP contribution is 2.45. The number of hydrogen-bond donors (Lipinski definition) is 0. The summed E-state index contributed by atoms with van der Waals surface area (Å²) in [5.74, 6) is -0.441. The Kier molecular flexibility index (Phi) is 5.02. The molecule has 0 aliphatic carbocycles. The average Bonchev–Trinajstić information content (AvgIpc) is 2.97. The van der Waals surface area contributed by atoms with Crippen molar-refractivity contribution in [3.05, 3.63) is 29.2 Å². The van der Waals surface area contributed by atoms with Crippen molar-refractivity contribution in [2.45, 2.75) is 69.9 Å². The van der Waals surface area contributed by atoms with Gasteiger partial charge in [-0.1, -0.05) is 0 Å². The van der Waals surface area contributed by atoms with Gasteiger partial charge in [-0.3, -0.25) is 9.69 Å². The number of aromatic nitrogens is 2. The first kappa shape index (κ1) is 23.1. The molecule has 34 heavy (non-hydrogen) atoms. The van der Waals surface area contributed by atoms with Gasteiger partial charge < -0.3 is 14.5 Å². The highest BCUT2D eigenvalue weighted by atomic mass is 19.4. The summed E-state index contributed by atoms with van der Waals surface area (Å²) in [4.78, 5) is 39.2. The number of anilines is 1. The third kappa shape index (κ3) is 3.47. The molecule has 1 unspecified atom stereocenters. The van der Waals surface area contributed by atoms with Gasteiger partial charge in [0.1, 0.15) is 23.4 Å². The van der Waals surface area contributed by atoms with Crippen molar-refractivity contribution in [2.24, 2.45) is 0 Å². The molecule has 1 aromatic heterocycles. The summed E-state index contributed by atoms with van der Waals surface area (Å²) < 4.78 is 44.8. The first-order valence-corrected chi connectivity index (χ1v) is 11.5. The third-order valence-electron chi connectivity index (χ3n) is 7.67. The number of piperazine rings is 1. The minimum atomic E-state index is -4.54.